The van der Waals surface area contributed by atoms with Crippen LogP contribution in [-0.4, -0.2) is 27.9 Å². The summed E-state index contributed by atoms with van der Waals surface area (Å²) < 4.78 is 8.89. The molecule has 1 N–H and O–H groups in total. The van der Waals surface area contributed by atoms with Crippen LogP contribution < -0.4 is 10.1 Å². The molecule has 0 aliphatic carbocycles. The SMILES string of the molecule is Brc1ccc2c(c1)[C@H](NCC1CCc3ncnn31)CCO2. The Bertz CT molecular complexity index is 657. The number of halogens is 1. The van der Waals surface area contributed by atoms with Crippen LogP contribution in [0.1, 0.15) is 36.3 Å². The van der Waals surface area contributed by atoms with Crippen molar-refractivity contribution in [2.75, 3.05) is 13.2 Å². The Kier molecular flexibility index (Phi) is 3.43. The summed E-state index contributed by atoms with van der Waals surface area (Å²) in [5, 5.41) is 8.02. The first kappa shape index (κ1) is 13.3. The van der Waals surface area contributed by atoms with Crippen molar-refractivity contribution in [3.05, 3.63) is 40.4 Å². The average Bonchev–Trinajstić information content (AvgIpc) is 3.09. The van der Waals surface area contributed by atoms with E-state index in [2.05, 4.69) is 42.1 Å². The number of rotatable bonds is 3. The van der Waals surface area contributed by atoms with Crippen molar-refractivity contribution in [2.24, 2.45) is 0 Å². The van der Waals surface area contributed by atoms with Crippen molar-refractivity contribution in [1.29, 1.82) is 0 Å². The molecular weight excluding hydrogens is 332 g/mol. The van der Waals surface area contributed by atoms with E-state index in [1.54, 1.807) is 6.33 Å². The van der Waals surface area contributed by atoms with Gasteiger partial charge < -0.3 is 10.1 Å². The highest BCUT2D eigenvalue weighted by atomic mass is 79.9. The second-order valence-corrected chi connectivity index (χ2v) is 6.51. The fraction of sp³-hybridized carbons (Fsp3) is 0.467. The average molecular weight is 349 g/mol. The molecular formula is C15H17BrN4O. The van der Waals surface area contributed by atoms with Gasteiger partial charge in [-0.05, 0) is 24.6 Å². The smallest absolute Gasteiger partial charge is 0.138 e. The molecule has 0 fully saturated rings. The molecule has 2 aliphatic rings. The van der Waals surface area contributed by atoms with Crippen molar-refractivity contribution >= 4 is 15.9 Å². The van der Waals surface area contributed by atoms with Crippen molar-refractivity contribution in [3.8, 4) is 5.75 Å². The van der Waals surface area contributed by atoms with Gasteiger partial charge in [-0.2, -0.15) is 5.10 Å². The highest BCUT2D eigenvalue weighted by molar-refractivity contribution is 9.10. The lowest BCUT2D eigenvalue weighted by Gasteiger charge is -2.28. The van der Waals surface area contributed by atoms with Gasteiger partial charge in [0.2, 0.25) is 0 Å². The maximum atomic E-state index is 5.74. The van der Waals surface area contributed by atoms with Crippen LogP contribution in [0.25, 0.3) is 0 Å². The normalized spacial score (nSPS) is 23.5. The van der Waals surface area contributed by atoms with Gasteiger partial charge in [0, 0.05) is 35.5 Å². The third-order valence-electron chi connectivity index (χ3n) is 4.31. The molecule has 4 rings (SSSR count). The van der Waals surface area contributed by atoms with E-state index in [9.17, 15) is 0 Å². The van der Waals surface area contributed by atoms with Gasteiger partial charge in [-0.15, -0.1) is 0 Å². The number of aromatic nitrogens is 3. The summed E-state index contributed by atoms with van der Waals surface area (Å²) in [4.78, 5) is 4.29. The molecule has 2 atom stereocenters. The van der Waals surface area contributed by atoms with E-state index in [0.717, 1.165) is 48.5 Å². The maximum absolute atomic E-state index is 5.74. The molecule has 0 amide bonds. The molecule has 1 unspecified atom stereocenters. The summed E-state index contributed by atoms with van der Waals surface area (Å²) in [5.74, 6) is 2.10. The van der Waals surface area contributed by atoms with Crippen LogP contribution in [-0.2, 0) is 6.42 Å². The lowest BCUT2D eigenvalue weighted by molar-refractivity contribution is 0.247. The van der Waals surface area contributed by atoms with Crippen LogP contribution in [0.15, 0.2) is 29.0 Å². The van der Waals surface area contributed by atoms with Crippen LogP contribution in [0.5, 0.6) is 5.75 Å². The second kappa shape index (κ2) is 5.42. The van der Waals surface area contributed by atoms with E-state index in [1.165, 1.54) is 5.56 Å². The first-order valence-corrected chi connectivity index (χ1v) is 8.14. The maximum Gasteiger partial charge on any atom is 0.138 e. The van der Waals surface area contributed by atoms with Crippen molar-refractivity contribution < 1.29 is 4.74 Å². The third-order valence-corrected chi connectivity index (χ3v) is 4.80. The monoisotopic (exact) mass is 348 g/mol. The van der Waals surface area contributed by atoms with E-state index < -0.39 is 0 Å². The van der Waals surface area contributed by atoms with Crippen LogP contribution >= 0.6 is 15.9 Å². The van der Waals surface area contributed by atoms with E-state index in [4.69, 9.17) is 4.74 Å². The van der Waals surface area contributed by atoms with Crippen LogP contribution in [0.2, 0.25) is 0 Å². The molecule has 6 heteroatoms. The van der Waals surface area contributed by atoms with Gasteiger partial charge >= 0.3 is 0 Å². The van der Waals surface area contributed by atoms with Crippen molar-refractivity contribution in [2.45, 2.75) is 31.3 Å². The number of ether oxygens (including phenoxy) is 1. The number of nitrogens with one attached hydrogen (secondary N) is 1. The Morgan fingerprint density at radius 2 is 2.33 bits per heavy atom. The summed E-state index contributed by atoms with van der Waals surface area (Å²) in [5.41, 5.74) is 1.24. The molecule has 0 saturated carbocycles. The number of fused-ring (bicyclic) bond motifs is 2. The summed E-state index contributed by atoms with van der Waals surface area (Å²) in [6, 6.07) is 6.99. The minimum absolute atomic E-state index is 0.346. The molecule has 2 aliphatic heterocycles. The summed E-state index contributed by atoms with van der Waals surface area (Å²) in [7, 11) is 0. The predicted octanol–water partition coefficient (Wildman–Crippen LogP) is 2.64. The van der Waals surface area contributed by atoms with E-state index >= 15 is 0 Å². The lowest BCUT2D eigenvalue weighted by Crippen LogP contribution is -2.31. The highest BCUT2D eigenvalue weighted by Crippen LogP contribution is 2.34. The highest BCUT2D eigenvalue weighted by Gasteiger charge is 2.26. The van der Waals surface area contributed by atoms with Crippen LogP contribution in [0.3, 0.4) is 0 Å². The molecule has 2 aromatic rings. The Labute approximate surface area is 131 Å². The molecule has 0 saturated heterocycles. The van der Waals surface area contributed by atoms with Gasteiger partial charge in [-0.3, -0.25) is 0 Å². The van der Waals surface area contributed by atoms with Gasteiger partial charge in [0.15, 0.2) is 0 Å². The predicted molar refractivity (Wildman–Crippen MR) is 82.4 cm³/mol. The number of nitrogens with zero attached hydrogens (tertiary/aromatic N) is 3. The standard InChI is InChI=1S/C15H17BrN4O/c16-10-1-3-14-12(7-10)13(5-6-21-14)17-8-11-2-4-15-18-9-19-20(11)15/h1,3,7,9,11,13,17H,2,4-6,8H2/t11?,13-/m1/s1. The molecule has 5 nitrogen and oxygen atoms in total. The fourth-order valence-corrected chi connectivity index (χ4v) is 3.60. The van der Waals surface area contributed by atoms with Crippen LogP contribution in [0.4, 0.5) is 0 Å². The minimum Gasteiger partial charge on any atom is -0.493 e. The molecule has 1 aromatic heterocycles. The zero-order valence-electron chi connectivity index (χ0n) is 11.6. The Balaban J connectivity index is 1.48. The quantitative estimate of drug-likeness (QED) is 0.926. The van der Waals surface area contributed by atoms with Crippen molar-refractivity contribution in [3.63, 3.8) is 0 Å². The number of hydrogen-bond donors (Lipinski definition) is 1. The molecule has 1 aromatic carbocycles. The number of aryl methyl sites for hydroxylation is 1. The van der Waals surface area contributed by atoms with Gasteiger partial charge in [0.1, 0.15) is 17.9 Å². The van der Waals surface area contributed by atoms with Gasteiger partial charge in [0.25, 0.3) is 0 Å². The Morgan fingerprint density at radius 1 is 1.38 bits per heavy atom. The van der Waals surface area contributed by atoms with E-state index in [-0.39, 0.29) is 0 Å². The zero-order chi connectivity index (χ0) is 14.2. The lowest BCUT2D eigenvalue weighted by atomic mass is 10.0. The van der Waals surface area contributed by atoms with E-state index in [0.29, 0.717) is 12.1 Å². The topological polar surface area (TPSA) is 52.0 Å². The number of hydrogen-bond acceptors (Lipinski definition) is 4. The Hall–Kier alpha value is -1.40. The third kappa shape index (κ3) is 2.46. The summed E-state index contributed by atoms with van der Waals surface area (Å²) in [6.07, 6.45) is 4.81. The van der Waals surface area contributed by atoms with Crippen molar-refractivity contribution in [1.82, 2.24) is 20.1 Å². The molecule has 0 bridgehead atoms. The molecule has 21 heavy (non-hydrogen) atoms. The summed E-state index contributed by atoms with van der Waals surface area (Å²) >= 11 is 3.55. The minimum atomic E-state index is 0.346. The fourth-order valence-electron chi connectivity index (χ4n) is 3.22. The van der Waals surface area contributed by atoms with Gasteiger partial charge in [-0.25, -0.2) is 9.67 Å². The summed E-state index contributed by atoms with van der Waals surface area (Å²) in [6.45, 7) is 1.69. The number of benzene rings is 1. The van der Waals surface area contributed by atoms with Gasteiger partial charge in [-0.1, -0.05) is 15.9 Å². The van der Waals surface area contributed by atoms with E-state index in [1.807, 2.05) is 12.1 Å². The van der Waals surface area contributed by atoms with Gasteiger partial charge in [0.05, 0.1) is 12.6 Å². The molecule has 0 spiro atoms. The zero-order valence-corrected chi connectivity index (χ0v) is 13.2. The largest absolute Gasteiger partial charge is 0.493 e. The first-order chi connectivity index (χ1) is 10.3. The first-order valence-electron chi connectivity index (χ1n) is 7.35. The molecule has 110 valence electrons. The molecule has 3 heterocycles. The molecule has 0 radical (unpaired) electrons. The Morgan fingerprint density at radius 3 is 3.29 bits per heavy atom. The van der Waals surface area contributed by atoms with Crippen LogP contribution in [0, 0.1) is 0 Å². The second-order valence-electron chi connectivity index (χ2n) is 5.59.